The lowest BCUT2D eigenvalue weighted by Gasteiger charge is -2.03. The Morgan fingerprint density at radius 1 is 1.38 bits per heavy atom. The summed E-state index contributed by atoms with van der Waals surface area (Å²) in [4.78, 5) is 7.33. The second kappa shape index (κ2) is 4.15. The van der Waals surface area contributed by atoms with Gasteiger partial charge in [-0.15, -0.1) is 0 Å². The minimum Gasteiger partial charge on any atom is -0.395 e. The molecule has 0 aromatic carbocycles. The van der Waals surface area contributed by atoms with E-state index in [0.29, 0.717) is 0 Å². The fourth-order valence-corrected chi connectivity index (χ4v) is 1.39. The van der Waals surface area contributed by atoms with E-state index < -0.39 is 16.6 Å². The Kier molecular flexibility index (Phi) is 3.15. The molecule has 7 heteroatoms. The number of aliphatic hydroxyl groups is 1. The smallest absolute Gasteiger partial charge is 0.237 e. The summed E-state index contributed by atoms with van der Waals surface area (Å²) in [7, 11) is -3.51. The first-order valence-electron chi connectivity index (χ1n) is 3.52. The standard InChI is InChI=1S/C6H9N3O3S/c10-4-5-13(11,12)9-6-7-2-1-3-8-6/h1-3,10H,4-5H2,(H,7,8,9). The fraction of sp³-hybridized carbons (Fsp3) is 0.333. The van der Waals surface area contributed by atoms with Gasteiger partial charge >= 0.3 is 0 Å². The average molecular weight is 203 g/mol. The number of hydrogen-bond donors (Lipinski definition) is 2. The van der Waals surface area contributed by atoms with E-state index in [1.165, 1.54) is 12.4 Å². The van der Waals surface area contributed by atoms with Crippen LogP contribution in [0.3, 0.4) is 0 Å². The lowest BCUT2D eigenvalue weighted by Crippen LogP contribution is -2.20. The van der Waals surface area contributed by atoms with Crippen molar-refractivity contribution < 1.29 is 13.5 Å². The molecular formula is C6H9N3O3S. The molecule has 0 spiro atoms. The van der Waals surface area contributed by atoms with Crippen molar-refractivity contribution >= 4 is 16.0 Å². The molecule has 0 atom stereocenters. The van der Waals surface area contributed by atoms with E-state index >= 15 is 0 Å². The number of nitrogens with one attached hydrogen (secondary N) is 1. The zero-order chi connectivity index (χ0) is 9.73. The van der Waals surface area contributed by atoms with Crippen molar-refractivity contribution in [2.24, 2.45) is 0 Å². The number of rotatable bonds is 4. The molecule has 0 amide bonds. The highest BCUT2D eigenvalue weighted by Crippen LogP contribution is 1.98. The van der Waals surface area contributed by atoms with Gasteiger partial charge in [-0.1, -0.05) is 0 Å². The van der Waals surface area contributed by atoms with Crippen LogP contribution in [0.5, 0.6) is 0 Å². The first kappa shape index (κ1) is 9.87. The number of aromatic nitrogens is 2. The maximum absolute atomic E-state index is 11.0. The van der Waals surface area contributed by atoms with E-state index in [2.05, 4.69) is 14.7 Å². The Labute approximate surface area is 75.7 Å². The number of aliphatic hydroxyl groups excluding tert-OH is 1. The largest absolute Gasteiger partial charge is 0.395 e. The van der Waals surface area contributed by atoms with Gasteiger partial charge in [-0.2, -0.15) is 0 Å². The third-order valence-corrected chi connectivity index (χ3v) is 2.39. The molecule has 1 aromatic rings. The second-order valence-corrected chi connectivity index (χ2v) is 4.06. The molecule has 13 heavy (non-hydrogen) atoms. The van der Waals surface area contributed by atoms with E-state index in [1.807, 2.05) is 0 Å². The van der Waals surface area contributed by atoms with Gasteiger partial charge in [-0.25, -0.2) is 18.4 Å². The van der Waals surface area contributed by atoms with E-state index in [0.717, 1.165) is 0 Å². The maximum atomic E-state index is 11.0. The Morgan fingerprint density at radius 2 is 2.00 bits per heavy atom. The SMILES string of the molecule is O=S(=O)(CCO)Nc1ncccn1. The van der Waals surface area contributed by atoms with Crippen molar-refractivity contribution in [3.63, 3.8) is 0 Å². The van der Waals surface area contributed by atoms with Gasteiger partial charge < -0.3 is 5.11 Å². The molecule has 0 unspecified atom stereocenters. The Balaban J connectivity index is 2.70. The van der Waals surface area contributed by atoms with Crippen molar-refractivity contribution in [1.29, 1.82) is 0 Å². The van der Waals surface area contributed by atoms with E-state index in [-0.39, 0.29) is 11.7 Å². The molecule has 0 aliphatic rings. The van der Waals surface area contributed by atoms with Crippen LogP contribution in [0, 0.1) is 0 Å². The summed E-state index contributed by atoms with van der Waals surface area (Å²) in [6, 6.07) is 1.57. The summed E-state index contributed by atoms with van der Waals surface area (Å²) >= 11 is 0. The molecule has 0 aliphatic carbocycles. The van der Waals surface area contributed by atoms with E-state index in [1.54, 1.807) is 6.07 Å². The van der Waals surface area contributed by atoms with Gasteiger partial charge in [-0.05, 0) is 6.07 Å². The van der Waals surface area contributed by atoms with Crippen LogP contribution in [-0.2, 0) is 10.0 Å². The van der Waals surface area contributed by atoms with Gasteiger partial charge in [0.1, 0.15) is 0 Å². The Bertz CT molecular complexity index is 351. The summed E-state index contributed by atoms with van der Waals surface area (Å²) in [5, 5.41) is 8.42. The minimum atomic E-state index is -3.51. The van der Waals surface area contributed by atoms with Crippen molar-refractivity contribution in [3.05, 3.63) is 18.5 Å². The summed E-state index contributed by atoms with van der Waals surface area (Å²) < 4.78 is 24.2. The van der Waals surface area contributed by atoms with Crippen molar-refractivity contribution in [1.82, 2.24) is 9.97 Å². The van der Waals surface area contributed by atoms with Crippen molar-refractivity contribution in [2.75, 3.05) is 17.1 Å². The van der Waals surface area contributed by atoms with Crippen LogP contribution in [0.15, 0.2) is 18.5 Å². The van der Waals surface area contributed by atoms with Crippen LogP contribution in [0.25, 0.3) is 0 Å². The third-order valence-electron chi connectivity index (χ3n) is 1.17. The average Bonchev–Trinajstić information content (AvgIpc) is 2.04. The van der Waals surface area contributed by atoms with Gasteiger partial charge in [-0.3, -0.25) is 4.72 Å². The maximum Gasteiger partial charge on any atom is 0.237 e. The zero-order valence-electron chi connectivity index (χ0n) is 6.71. The van der Waals surface area contributed by atoms with Crippen LogP contribution in [-0.4, -0.2) is 35.9 Å². The highest BCUT2D eigenvalue weighted by molar-refractivity contribution is 7.92. The van der Waals surface area contributed by atoms with Crippen LogP contribution in [0.4, 0.5) is 5.95 Å². The molecule has 0 bridgehead atoms. The first-order chi connectivity index (χ1) is 6.14. The van der Waals surface area contributed by atoms with E-state index in [4.69, 9.17) is 5.11 Å². The van der Waals surface area contributed by atoms with Crippen LogP contribution in [0.1, 0.15) is 0 Å². The molecule has 0 fully saturated rings. The van der Waals surface area contributed by atoms with Gasteiger partial charge in [0.05, 0.1) is 12.4 Å². The van der Waals surface area contributed by atoms with Gasteiger partial charge in [0.15, 0.2) is 0 Å². The summed E-state index contributed by atoms with van der Waals surface area (Å²) in [6.07, 6.45) is 2.84. The third kappa shape index (κ3) is 3.34. The topological polar surface area (TPSA) is 92.2 Å². The predicted octanol–water partition coefficient (Wildman–Crippen LogP) is -0.789. The number of nitrogens with zero attached hydrogens (tertiary/aromatic N) is 2. The van der Waals surface area contributed by atoms with Crippen LogP contribution < -0.4 is 4.72 Å². The van der Waals surface area contributed by atoms with Gasteiger partial charge in [0.25, 0.3) is 0 Å². The summed E-state index contributed by atoms with van der Waals surface area (Å²) in [5.74, 6) is -0.346. The molecule has 6 nitrogen and oxygen atoms in total. The monoisotopic (exact) mass is 203 g/mol. The molecule has 0 radical (unpaired) electrons. The quantitative estimate of drug-likeness (QED) is 0.669. The number of sulfonamides is 1. The van der Waals surface area contributed by atoms with Crippen molar-refractivity contribution in [3.8, 4) is 0 Å². The fourth-order valence-electron chi connectivity index (χ4n) is 0.662. The molecule has 0 aliphatic heterocycles. The molecule has 1 heterocycles. The lowest BCUT2D eigenvalue weighted by atomic mass is 10.7. The van der Waals surface area contributed by atoms with Gasteiger partial charge in [0, 0.05) is 12.4 Å². The van der Waals surface area contributed by atoms with Crippen molar-refractivity contribution in [2.45, 2.75) is 0 Å². The molecule has 0 saturated carbocycles. The Morgan fingerprint density at radius 3 is 2.54 bits per heavy atom. The highest BCUT2D eigenvalue weighted by Gasteiger charge is 2.09. The van der Waals surface area contributed by atoms with Crippen LogP contribution >= 0.6 is 0 Å². The molecule has 72 valence electrons. The molecular weight excluding hydrogens is 194 g/mol. The first-order valence-corrected chi connectivity index (χ1v) is 5.17. The van der Waals surface area contributed by atoms with Gasteiger partial charge in [0.2, 0.25) is 16.0 Å². The zero-order valence-corrected chi connectivity index (χ0v) is 7.53. The van der Waals surface area contributed by atoms with E-state index in [9.17, 15) is 8.42 Å². The van der Waals surface area contributed by atoms with Crippen LogP contribution in [0.2, 0.25) is 0 Å². The Hall–Kier alpha value is -1.21. The lowest BCUT2D eigenvalue weighted by molar-refractivity contribution is 0.320. The predicted molar refractivity (Wildman–Crippen MR) is 46.5 cm³/mol. The molecule has 1 rings (SSSR count). The molecule has 0 saturated heterocycles. The normalized spacial score (nSPS) is 11.2. The number of anilines is 1. The summed E-state index contributed by atoms with van der Waals surface area (Å²) in [5.41, 5.74) is 0. The number of hydrogen-bond acceptors (Lipinski definition) is 5. The molecule has 2 N–H and O–H groups in total. The highest BCUT2D eigenvalue weighted by atomic mass is 32.2. The second-order valence-electron chi connectivity index (χ2n) is 2.22. The summed E-state index contributed by atoms with van der Waals surface area (Å²) in [6.45, 7) is -0.428. The minimum absolute atomic E-state index is 0.0101. The molecule has 1 aromatic heterocycles.